The lowest BCUT2D eigenvalue weighted by atomic mass is 10.1. The number of carboxylic acid groups (broad SMARTS) is 1. The lowest BCUT2D eigenvalue weighted by Crippen LogP contribution is -2.41. The molecule has 0 radical (unpaired) electrons. The van der Waals surface area contributed by atoms with Gasteiger partial charge < -0.3 is 15.5 Å². The molecule has 1 unspecified atom stereocenters. The number of hydrogen-bond donors (Lipinski definition) is 3. The Morgan fingerprint density at radius 1 is 1.33 bits per heavy atom. The van der Waals surface area contributed by atoms with Crippen molar-refractivity contribution in [3.8, 4) is 0 Å². The number of aliphatic hydroxyl groups excluding tert-OH is 1. The number of hydrogen-bond acceptors (Lipinski definition) is 5. The molecule has 21 heavy (non-hydrogen) atoms. The number of carboxylic acids is 1. The molecule has 0 aliphatic heterocycles. The summed E-state index contributed by atoms with van der Waals surface area (Å²) in [5.74, 6) is -1.96. The molecule has 1 aromatic rings. The van der Waals surface area contributed by atoms with Gasteiger partial charge in [0, 0.05) is 24.8 Å². The highest BCUT2D eigenvalue weighted by Crippen LogP contribution is 2.16. The zero-order chi connectivity index (χ0) is 16.2. The van der Waals surface area contributed by atoms with Crippen molar-refractivity contribution in [2.24, 2.45) is 0 Å². The molecule has 0 saturated carbocycles. The Morgan fingerprint density at radius 3 is 2.43 bits per heavy atom. The summed E-state index contributed by atoms with van der Waals surface area (Å²) < 4.78 is 23.0. The summed E-state index contributed by atoms with van der Waals surface area (Å²) in [6.07, 6.45) is 0.886. The predicted octanol–water partition coefficient (Wildman–Crippen LogP) is -0.0361. The first-order valence-corrected chi connectivity index (χ1v) is 8.01. The van der Waals surface area contributed by atoms with E-state index in [1.807, 2.05) is 0 Å². The minimum atomic E-state index is -3.47. The van der Waals surface area contributed by atoms with Crippen LogP contribution in [0, 0.1) is 6.92 Å². The van der Waals surface area contributed by atoms with E-state index in [4.69, 9.17) is 10.2 Å². The summed E-state index contributed by atoms with van der Waals surface area (Å²) in [7, 11) is -3.47. The molecule has 0 saturated heterocycles. The van der Waals surface area contributed by atoms with E-state index in [1.165, 1.54) is 18.2 Å². The molecule has 116 valence electrons. The van der Waals surface area contributed by atoms with Gasteiger partial charge in [0.15, 0.2) is 9.84 Å². The number of rotatable bonds is 6. The second kappa shape index (κ2) is 6.68. The summed E-state index contributed by atoms with van der Waals surface area (Å²) in [6.45, 7) is 1.22. The molecule has 0 bridgehead atoms. The fourth-order valence-corrected chi connectivity index (χ4v) is 2.35. The van der Waals surface area contributed by atoms with Gasteiger partial charge in [-0.1, -0.05) is 6.07 Å². The van der Waals surface area contributed by atoms with Gasteiger partial charge in [0.1, 0.15) is 6.04 Å². The van der Waals surface area contributed by atoms with E-state index >= 15 is 0 Å². The highest BCUT2D eigenvalue weighted by atomic mass is 32.2. The Hall–Kier alpha value is -1.93. The summed E-state index contributed by atoms with van der Waals surface area (Å²) in [5, 5.41) is 20.0. The number of aryl methyl sites for hydroxylation is 1. The molecule has 1 amide bonds. The van der Waals surface area contributed by atoms with Crippen molar-refractivity contribution < 1.29 is 28.2 Å². The maximum Gasteiger partial charge on any atom is 0.326 e. The van der Waals surface area contributed by atoms with Crippen molar-refractivity contribution in [3.63, 3.8) is 0 Å². The van der Waals surface area contributed by atoms with Crippen LogP contribution in [-0.2, 0) is 14.6 Å². The van der Waals surface area contributed by atoms with Crippen molar-refractivity contribution in [3.05, 3.63) is 29.3 Å². The lowest BCUT2D eigenvalue weighted by Gasteiger charge is -2.14. The molecule has 7 nitrogen and oxygen atoms in total. The van der Waals surface area contributed by atoms with Crippen LogP contribution in [0.15, 0.2) is 23.1 Å². The van der Waals surface area contributed by atoms with Crippen LogP contribution in [0.4, 0.5) is 0 Å². The molecular weight excluding hydrogens is 298 g/mol. The quantitative estimate of drug-likeness (QED) is 0.677. The third kappa shape index (κ3) is 4.54. The molecule has 0 aromatic heterocycles. The van der Waals surface area contributed by atoms with E-state index in [2.05, 4.69) is 5.32 Å². The normalized spacial score (nSPS) is 12.7. The zero-order valence-electron chi connectivity index (χ0n) is 11.7. The van der Waals surface area contributed by atoms with Gasteiger partial charge in [0.05, 0.1) is 4.90 Å². The van der Waals surface area contributed by atoms with E-state index in [0.717, 1.165) is 6.26 Å². The first-order valence-electron chi connectivity index (χ1n) is 6.12. The third-order valence-corrected chi connectivity index (χ3v) is 4.01. The minimum absolute atomic E-state index is 0.0210. The Balaban J connectivity index is 3.09. The SMILES string of the molecule is Cc1ccc(S(C)(=O)=O)cc1C(=O)NC(CCO)C(=O)O. The molecular formula is C13H17NO6S. The molecule has 3 N–H and O–H groups in total. The topological polar surface area (TPSA) is 121 Å². The van der Waals surface area contributed by atoms with E-state index in [1.54, 1.807) is 6.92 Å². The number of nitrogens with one attached hydrogen (secondary N) is 1. The third-order valence-electron chi connectivity index (χ3n) is 2.90. The van der Waals surface area contributed by atoms with E-state index < -0.39 is 27.8 Å². The maximum atomic E-state index is 12.1. The lowest BCUT2D eigenvalue weighted by molar-refractivity contribution is -0.139. The fourth-order valence-electron chi connectivity index (χ4n) is 1.70. The molecule has 1 atom stereocenters. The second-order valence-corrected chi connectivity index (χ2v) is 6.64. The number of sulfone groups is 1. The monoisotopic (exact) mass is 315 g/mol. The average Bonchev–Trinajstić information content (AvgIpc) is 2.36. The van der Waals surface area contributed by atoms with Crippen LogP contribution < -0.4 is 5.32 Å². The Bertz CT molecular complexity index is 653. The first kappa shape index (κ1) is 17.1. The standard InChI is InChI=1S/C13H17NO6S/c1-8-3-4-9(21(2,19)20)7-10(8)12(16)14-11(5-6-15)13(17)18/h3-4,7,11,15H,5-6H2,1-2H3,(H,14,16)(H,17,18). The van der Waals surface area contributed by atoms with Gasteiger partial charge in [-0.15, -0.1) is 0 Å². The predicted molar refractivity (Wildman–Crippen MR) is 74.9 cm³/mol. The number of carbonyl (C=O) groups is 2. The van der Waals surface area contributed by atoms with Crippen molar-refractivity contribution in [2.45, 2.75) is 24.3 Å². The molecule has 0 spiro atoms. The molecule has 8 heteroatoms. The average molecular weight is 315 g/mol. The Labute approximate surface area is 122 Å². The van der Waals surface area contributed by atoms with E-state index in [0.29, 0.717) is 5.56 Å². The Morgan fingerprint density at radius 2 is 1.95 bits per heavy atom. The molecule has 0 heterocycles. The molecule has 1 rings (SSSR count). The maximum absolute atomic E-state index is 12.1. The summed E-state index contributed by atoms with van der Waals surface area (Å²) in [6, 6.07) is 2.83. The van der Waals surface area contributed by atoms with Crippen molar-refractivity contribution in [2.75, 3.05) is 12.9 Å². The largest absolute Gasteiger partial charge is 0.480 e. The smallest absolute Gasteiger partial charge is 0.326 e. The number of aliphatic hydroxyl groups is 1. The molecule has 0 fully saturated rings. The minimum Gasteiger partial charge on any atom is -0.480 e. The number of carbonyl (C=O) groups excluding carboxylic acids is 1. The molecule has 1 aromatic carbocycles. The second-order valence-electron chi connectivity index (χ2n) is 4.63. The van der Waals surface area contributed by atoms with Gasteiger partial charge >= 0.3 is 5.97 Å². The van der Waals surface area contributed by atoms with Gasteiger partial charge in [-0.3, -0.25) is 4.79 Å². The number of amides is 1. The van der Waals surface area contributed by atoms with Crippen molar-refractivity contribution >= 4 is 21.7 Å². The van der Waals surface area contributed by atoms with Crippen molar-refractivity contribution in [1.82, 2.24) is 5.32 Å². The van der Waals surface area contributed by atoms with Crippen LogP contribution in [0.2, 0.25) is 0 Å². The molecule has 0 aliphatic rings. The van der Waals surface area contributed by atoms with E-state index in [-0.39, 0.29) is 23.5 Å². The van der Waals surface area contributed by atoms with Gasteiger partial charge in [0.2, 0.25) is 0 Å². The van der Waals surface area contributed by atoms with E-state index in [9.17, 15) is 18.0 Å². The van der Waals surface area contributed by atoms with Gasteiger partial charge in [-0.2, -0.15) is 0 Å². The van der Waals surface area contributed by atoms with Crippen LogP contribution >= 0.6 is 0 Å². The number of benzene rings is 1. The highest BCUT2D eigenvalue weighted by molar-refractivity contribution is 7.90. The highest BCUT2D eigenvalue weighted by Gasteiger charge is 2.22. The first-order chi connectivity index (χ1) is 9.66. The van der Waals surface area contributed by atoms with Gasteiger partial charge in [-0.05, 0) is 24.6 Å². The fraction of sp³-hybridized carbons (Fsp3) is 0.385. The summed E-state index contributed by atoms with van der Waals surface area (Å²) in [4.78, 5) is 23.0. The van der Waals surface area contributed by atoms with Crippen LogP contribution in [0.25, 0.3) is 0 Å². The van der Waals surface area contributed by atoms with Crippen LogP contribution in [0.5, 0.6) is 0 Å². The summed E-state index contributed by atoms with van der Waals surface area (Å²) >= 11 is 0. The van der Waals surface area contributed by atoms with Crippen LogP contribution in [0.1, 0.15) is 22.3 Å². The Kier molecular flexibility index (Phi) is 5.45. The summed E-state index contributed by atoms with van der Waals surface area (Å²) in [5.41, 5.74) is 0.607. The van der Waals surface area contributed by atoms with Crippen LogP contribution in [-0.4, -0.2) is 49.4 Å². The number of aliphatic carboxylic acids is 1. The van der Waals surface area contributed by atoms with Crippen molar-refractivity contribution in [1.29, 1.82) is 0 Å². The molecule has 0 aliphatic carbocycles. The van der Waals surface area contributed by atoms with Gasteiger partial charge in [0.25, 0.3) is 5.91 Å². The van der Waals surface area contributed by atoms with Gasteiger partial charge in [-0.25, -0.2) is 13.2 Å². The van der Waals surface area contributed by atoms with Crippen LogP contribution in [0.3, 0.4) is 0 Å². The zero-order valence-corrected chi connectivity index (χ0v) is 12.5.